The smallest absolute Gasteiger partial charge is 0.255 e. The summed E-state index contributed by atoms with van der Waals surface area (Å²) in [6.07, 6.45) is 1.58. The molecule has 0 atom stereocenters. The first kappa shape index (κ1) is 16.3. The van der Waals surface area contributed by atoms with E-state index in [2.05, 4.69) is 9.97 Å². The molecule has 5 nitrogen and oxygen atoms in total. The molecule has 2 heterocycles. The van der Waals surface area contributed by atoms with Crippen LogP contribution in [-0.4, -0.2) is 25.4 Å². The third-order valence-corrected chi connectivity index (χ3v) is 7.08. The first-order valence-corrected chi connectivity index (χ1v) is 9.99. The molecule has 0 N–H and O–H groups in total. The van der Waals surface area contributed by atoms with Crippen LogP contribution in [0.15, 0.2) is 59.6 Å². The number of benzene rings is 2. The zero-order chi connectivity index (χ0) is 17.6. The minimum Gasteiger partial charge on any atom is -0.255 e. The second-order valence-electron chi connectivity index (χ2n) is 5.41. The van der Waals surface area contributed by atoms with Crippen LogP contribution in [0.4, 0.5) is 5.13 Å². The largest absolute Gasteiger partial charge is 0.268 e. The number of thiazole rings is 1. The van der Waals surface area contributed by atoms with Crippen LogP contribution in [0, 0.1) is 0 Å². The molecule has 0 saturated heterocycles. The van der Waals surface area contributed by atoms with E-state index in [1.165, 1.54) is 22.7 Å². The summed E-state index contributed by atoms with van der Waals surface area (Å²) in [4.78, 5) is 8.80. The summed E-state index contributed by atoms with van der Waals surface area (Å²) >= 11 is 7.28. The Morgan fingerprint density at radius 1 is 1.12 bits per heavy atom. The number of pyridine rings is 1. The molecule has 0 fully saturated rings. The third-order valence-electron chi connectivity index (χ3n) is 3.84. The van der Waals surface area contributed by atoms with E-state index in [1.807, 2.05) is 18.2 Å². The highest BCUT2D eigenvalue weighted by molar-refractivity contribution is 7.93. The molecule has 0 aliphatic rings. The number of sulfonamides is 1. The lowest BCUT2D eigenvalue weighted by atomic mass is 10.2. The lowest BCUT2D eigenvalue weighted by molar-refractivity contribution is 0.595. The molecule has 2 aromatic carbocycles. The maximum atomic E-state index is 13.1. The SMILES string of the molecule is CN(c1nc2cc(Cl)ccc2s1)S(=O)(=O)c1cccc2cccnc12. The quantitative estimate of drug-likeness (QED) is 0.523. The fourth-order valence-electron chi connectivity index (χ4n) is 2.56. The van der Waals surface area contributed by atoms with Crippen molar-refractivity contribution >= 4 is 59.2 Å². The first-order chi connectivity index (χ1) is 12.0. The molecule has 8 heteroatoms. The predicted octanol–water partition coefficient (Wildman–Crippen LogP) is 4.32. The van der Waals surface area contributed by atoms with Crippen molar-refractivity contribution in [2.24, 2.45) is 0 Å². The molecule has 126 valence electrons. The number of hydrogen-bond acceptors (Lipinski definition) is 5. The van der Waals surface area contributed by atoms with Gasteiger partial charge in [0.1, 0.15) is 4.90 Å². The van der Waals surface area contributed by atoms with Crippen molar-refractivity contribution in [3.8, 4) is 0 Å². The van der Waals surface area contributed by atoms with Gasteiger partial charge in [-0.25, -0.2) is 17.7 Å². The summed E-state index contributed by atoms with van der Waals surface area (Å²) in [5, 5.41) is 1.71. The number of para-hydroxylation sites is 1. The van der Waals surface area contributed by atoms with E-state index < -0.39 is 10.0 Å². The van der Waals surface area contributed by atoms with Gasteiger partial charge in [-0.05, 0) is 30.3 Å². The number of rotatable bonds is 3. The lowest BCUT2D eigenvalue weighted by Crippen LogP contribution is -2.26. The monoisotopic (exact) mass is 389 g/mol. The van der Waals surface area contributed by atoms with Gasteiger partial charge in [0, 0.05) is 23.7 Å². The highest BCUT2D eigenvalue weighted by Gasteiger charge is 2.26. The molecule has 4 rings (SSSR count). The van der Waals surface area contributed by atoms with Gasteiger partial charge in [0.15, 0.2) is 5.13 Å². The average molecular weight is 390 g/mol. The van der Waals surface area contributed by atoms with Gasteiger partial charge in [-0.2, -0.15) is 0 Å². The standard InChI is InChI=1S/C17H12ClN3O2S2/c1-21(17-20-13-10-12(18)7-8-14(13)24-17)25(22,23)15-6-2-4-11-5-3-9-19-16(11)15/h2-10H,1H3. The van der Waals surface area contributed by atoms with E-state index in [1.54, 1.807) is 36.5 Å². The van der Waals surface area contributed by atoms with Crippen LogP contribution in [0.1, 0.15) is 0 Å². The van der Waals surface area contributed by atoms with Gasteiger partial charge in [0.2, 0.25) is 0 Å². The van der Waals surface area contributed by atoms with E-state index in [9.17, 15) is 8.42 Å². The van der Waals surface area contributed by atoms with Gasteiger partial charge in [-0.15, -0.1) is 0 Å². The average Bonchev–Trinajstić information content (AvgIpc) is 3.03. The zero-order valence-corrected chi connectivity index (χ0v) is 15.4. The Bertz CT molecular complexity index is 1200. The van der Waals surface area contributed by atoms with Crippen LogP contribution in [0.25, 0.3) is 21.1 Å². The second-order valence-corrected chi connectivity index (χ2v) is 8.80. The summed E-state index contributed by atoms with van der Waals surface area (Å²) < 4.78 is 28.3. The molecule has 0 amide bonds. The molecular formula is C17H12ClN3O2S2. The van der Waals surface area contributed by atoms with Crippen molar-refractivity contribution in [1.82, 2.24) is 9.97 Å². The van der Waals surface area contributed by atoms with Crippen LogP contribution in [-0.2, 0) is 10.0 Å². The van der Waals surface area contributed by atoms with Gasteiger partial charge < -0.3 is 0 Å². The van der Waals surface area contributed by atoms with Crippen LogP contribution >= 0.6 is 22.9 Å². The van der Waals surface area contributed by atoms with Crippen LogP contribution in [0.3, 0.4) is 0 Å². The minimum absolute atomic E-state index is 0.158. The molecule has 0 unspecified atom stereocenters. The second kappa shape index (κ2) is 5.94. The fraction of sp³-hybridized carbons (Fsp3) is 0.0588. The lowest BCUT2D eigenvalue weighted by Gasteiger charge is -2.17. The summed E-state index contributed by atoms with van der Waals surface area (Å²) in [7, 11) is -2.29. The van der Waals surface area contributed by atoms with Gasteiger partial charge in [-0.1, -0.05) is 41.1 Å². The first-order valence-electron chi connectivity index (χ1n) is 7.35. The highest BCUT2D eigenvalue weighted by atomic mass is 35.5. The van der Waals surface area contributed by atoms with Crippen molar-refractivity contribution in [3.05, 3.63) is 59.8 Å². The normalized spacial score (nSPS) is 11.9. The van der Waals surface area contributed by atoms with Gasteiger partial charge in [0.05, 0.1) is 15.7 Å². The number of nitrogens with zero attached hydrogens (tertiary/aromatic N) is 3. The molecular weight excluding hydrogens is 378 g/mol. The zero-order valence-electron chi connectivity index (χ0n) is 13.0. The molecule has 0 aliphatic carbocycles. The summed E-state index contributed by atoms with van der Waals surface area (Å²) in [5.74, 6) is 0. The van der Waals surface area contributed by atoms with E-state index in [4.69, 9.17) is 11.6 Å². The van der Waals surface area contributed by atoms with Crippen LogP contribution in [0.2, 0.25) is 5.02 Å². The van der Waals surface area contributed by atoms with Crippen LogP contribution < -0.4 is 4.31 Å². The summed E-state index contributed by atoms with van der Waals surface area (Å²) in [5.41, 5.74) is 1.12. The van der Waals surface area contributed by atoms with E-state index >= 15 is 0 Å². The maximum Gasteiger partial charge on any atom is 0.268 e. The molecule has 0 saturated carbocycles. The van der Waals surface area contributed by atoms with Crippen molar-refractivity contribution in [1.29, 1.82) is 0 Å². The Kier molecular flexibility index (Phi) is 3.87. The topological polar surface area (TPSA) is 63.2 Å². The van der Waals surface area contributed by atoms with Crippen LogP contribution in [0.5, 0.6) is 0 Å². The number of hydrogen-bond donors (Lipinski definition) is 0. The molecule has 0 radical (unpaired) electrons. The van der Waals surface area contributed by atoms with E-state index in [-0.39, 0.29) is 4.90 Å². The third kappa shape index (κ3) is 2.74. The predicted molar refractivity (Wildman–Crippen MR) is 102 cm³/mol. The summed E-state index contributed by atoms with van der Waals surface area (Å²) in [6, 6.07) is 14.0. The number of anilines is 1. The van der Waals surface area contributed by atoms with Crippen molar-refractivity contribution in [3.63, 3.8) is 0 Å². The Morgan fingerprint density at radius 3 is 2.76 bits per heavy atom. The Labute approximate surface area is 153 Å². The van der Waals surface area contributed by atoms with Gasteiger partial charge in [-0.3, -0.25) is 4.98 Å². The molecule has 0 spiro atoms. The number of aromatic nitrogens is 2. The van der Waals surface area contributed by atoms with E-state index in [0.29, 0.717) is 21.2 Å². The number of fused-ring (bicyclic) bond motifs is 2. The fourth-order valence-corrected chi connectivity index (χ4v) is 5.15. The Hall–Kier alpha value is -2.22. The van der Waals surface area contributed by atoms with Crippen molar-refractivity contribution in [2.45, 2.75) is 4.90 Å². The molecule has 0 bridgehead atoms. The molecule has 2 aromatic heterocycles. The van der Waals surface area contributed by atoms with Crippen molar-refractivity contribution < 1.29 is 8.42 Å². The highest BCUT2D eigenvalue weighted by Crippen LogP contribution is 2.33. The molecule has 25 heavy (non-hydrogen) atoms. The Morgan fingerprint density at radius 2 is 1.92 bits per heavy atom. The van der Waals surface area contributed by atoms with Crippen molar-refractivity contribution in [2.75, 3.05) is 11.4 Å². The van der Waals surface area contributed by atoms with Gasteiger partial charge >= 0.3 is 0 Å². The Balaban J connectivity index is 1.85. The minimum atomic E-state index is -3.79. The van der Waals surface area contributed by atoms with E-state index in [0.717, 1.165) is 10.1 Å². The maximum absolute atomic E-state index is 13.1. The number of halogens is 1. The summed E-state index contributed by atoms with van der Waals surface area (Å²) in [6.45, 7) is 0. The van der Waals surface area contributed by atoms with Gasteiger partial charge in [0.25, 0.3) is 10.0 Å². The molecule has 0 aliphatic heterocycles. The molecule has 4 aromatic rings.